The van der Waals surface area contributed by atoms with Crippen LogP contribution in [0.5, 0.6) is 5.75 Å². The molecule has 2 rings (SSSR count). The molecule has 0 aromatic heterocycles. The Balaban J connectivity index is 2.01. The lowest BCUT2D eigenvalue weighted by atomic mass is 10.1. The molecule has 1 heterocycles. The van der Waals surface area contributed by atoms with Crippen molar-refractivity contribution in [3.63, 3.8) is 0 Å². The summed E-state index contributed by atoms with van der Waals surface area (Å²) in [6, 6.07) is 6.76. The van der Waals surface area contributed by atoms with E-state index in [1.165, 1.54) is 0 Å². The first kappa shape index (κ1) is 16.7. The monoisotopic (exact) mass is 308 g/mol. The van der Waals surface area contributed by atoms with Gasteiger partial charge in [-0.2, -0.15) is 0 Å². The maximum Gasteiger partial charge on any atom is 0.254 e. The molecule has 1 fully saturated rings. The molecule has 0 aliphatic carbocycles. The van der Waals surface area contributed by atoms with Crippen molar-refractivity contribution in [2.24, 2.45) is 5.73 Å². The van der Waals surface area contributed by atoms with Crippen LogP contribution < -0.4 is 10.5 Å². The van der Waals surface area contributed by atoms with E-state index in [0.717, 1.165) is 12.2 Å². The number of ether oxygens (including phenoxy) is 2. The molecule has 2 atom stereocenters. The molecular weight excluding hydrogens is 284 g/mol. The Kier molecular flexibility index (Phi) is 6.18. The number of hydrogen-bond acceptors (Lipinski definition) is 5. The number of aliphatic hydroxyl groups excluding tert-OH is 1. The van der Waals surface area contributed by atoms with Gasteiger partial charge in [-0.1, -0.05) is 0 Å². The highest BCUT2D eigenvalue weighted by molar-refractivity contribution is 5.94. The minimum absolute atomic E-state index is 0.106. The lowest BCUT2D eigenvalue weighted by Crippen LogP contribution is -2.46. The molecule has 0 saturated carbocycles. The third kappa shape index (κ3) is 3.97. The Morgan fingerprint density at radius 3 is 2.68 bits per heavy atom. The predicted octanol–water partition coefficient (Wildman–Crippen LogP) is 0.636. The largest absolute Gasteiger partial charge is 0.494 e. The number of nitrogens with zero attached hydrogens (tertiary/aromatic N) is 1. The number of amides is 1. The summed E-state index contributed by atoms with van der Waals surface area (Å²) in [6.07, 6.45) is 0.173. The van der Waals surface area contributed by atoms with E-state index in [-0.39, 0.29) is 18.6 Å². The van der Waals surface area contributed by atoms with Crippen LogP contribution in [0.1, 0.15) is 23.7 Å². The molecule has 6 heteroatoms. The predicted molar refractivity (Wildman–Crippen MR) is 82.9 cm³/mol. The first-order valence-electron chi connectivity index (χ1n) is 7.67. The van der Waals surface area contributed by atoms with E-state index in [9.17, 15) is 9.90 Å². The molecule has 22 heavy (non-hydrogen) atoms. The van der Waals surface area contributed by atoms with Crippen molar-refractivity contribution in [2.45, 2.75) is 25.5 Å². The van der Waals surface area contributed by atoms with Crippen molar-refractivity contribution in [1.82, 2.24) is 4.90 Å². The Labute approximate surface area is 130 Å². The summed E-state index contributed by atoms with van der Waals surface area (Å²) in [5, 5.41) is 9.90. The highest BCUT2D eigenvalue weighted by Gasteiger charge is 2.34. The third-order valence-corrected chi connectivity index (χ3v) is 3.74. The van der Waals surface area contributed by atoms with Crippen molar-refractivity contribution in [3.8, 4) is 5.75 Å². The molecule has 0 radical (unpaired) electrons. The van der Waals surface area contributed by atoms with Gasteiger partial charge in [0.05, 0.1) is 32.0 Å². The second kappa shape index (κ2) is 8.12. The minimum Gasteiger partial charge on any atom is -0.494 e. The zero-order valence-electron chi connectivity index (χ0n) is 12.9. The number of carbonyl (C=O) groups excluding carboxylic acids is 1. The first-order chi connectivity index (χ1) is 10.7. The van der Waals surface area contributed by atoms with Crippen LogP contribution in [0.15, 0.2) is 24.3 Å². The van der Waals surface area contributed by atoms with Crippen molar-refractivity contribution in [1.29, 1.82) is 0 Å². The lowest BCUT2D eigenvalue weighted by molar-refractivity contribution is 0.0520. The molecule has 1 saturated heterocycles. The van der Waals surface area contributed by atoms with Crippen LogP contribution in [0.2, 0.25) is 0 Å². The molecule has 0 bridgehead atoms. The van der Waals surface area contributed by atoms with Gasteiger partial charge in [0.2, 0.25) is 0 Å². The summed E-state index contributed by atoms with van der Waals surface area (Å²) < 4.78 is 10.8. The number of rotatable bonds is 7. The maximum atomic E-state index is 12.6. The van der Waals surface area contributed by atoms with E-state index in [1.54, 1.807) is 29.2 Å². The Bertz CT molecular complexity index is 478. The lowest BCUT2D eigenvalue weighted by Gasteiger charge is -2.28. The fourth-order valence-corrected chi connectivity index (χ4v) is 2.49. The second-order valence-electron chi connectivity index (χ2n) is 5.28. The van der Waals surface area contributed by atoms with Crippen LogP contribution in [0.4, 0.5) is 0 Å². The van der Waals surface area contributed by atoms with E-state index >= 15 is 0 Å². The van der Waals surface area contributed by atoms with Crippen molar-refractivity contribution >= 4 is 5.91 Å². The van der Waals surface area contributed by atoms with Gasteiger partial charge in [-0.05, 0) is 44.2 Å². The number of benzene rings is 1. The van der Waals surface area contributed by atoms with Crippen LogP contribution in [0.3, 0.4) is 0 Å². The van der Waals surface area contributed by atoms with Crippen molar-refractivity contribution in [2.75, 3.05) is 32.9 Å². The smallest absolute Gasteiger partial charge is 0.254 e. The van der Waals surface area contributed by atoms with Crippen LogP contribution in [-0.4, -0.2) is 61.0 Å². The highest BCUT2D eigenvalue weighted by atomic mass is 16.5. The fraction of sp³-hybridized carbons (Fsp3) is 0.562. The van der Waals surface area contributed by atoms with Crippen LogP contribution in [0.25, 0.3) is 0 Å². The Morgan fingerprint density at radius 1 is 1.41 bits per heavy atom. The minimum atomic E-state index is -0.622. The first-order valence-corrected chi connectivity index (χ1v) is 7.67. The molecular formula is C16H24N2O4. The fourth-order valence-electron chi connectivity index (χ4n) is 2.49. The van der Waals surface area contributed by atoms with Gasteiger partial charge in [0.25, 0.3) is 5.91 Å². The van der Waals surface area contributed by atoms with Crippen LogP contribution in [-0.2, 0) is 4.74 Å². The zero-order valence-corrected chi connectivity index (χ0v) is 12.9. The topological polar surface area (TPSA) is 85.0 Å². The van der Waals surface area contributed by atoms with E-state index in [1.807, 2.05) is 6.92 Å². The molecule has 1 aliphatic heterocycles. The summed E-state index contributed by atoms with van der Waals surface area (Å²) in [6.45, 7) is 4.24. The van der Waals surface area contributed by atoms with Gasteiger partial charge in [0.15, 0.2) is 0 Å². The molecule has 0 spiro atoms. The standard InChI is InChI=1S/C16H24N2O4/c1-2-18(14-10-21-11-15(14)19)16(20)12-4-6-13(7-5-12)22-9-3-8-17/h4-7,14-15,19H,2-3,8-11,17H2,1H3/t14-,15-/m1/s1. The number of hydrogen-bond donors (Lipinski definition) is 2. The van der Waals surface area contributed by atoms with Gasteiger partial charge >= 0.3 is 0 Å². The molecule has 1 amide bonds. The summed E-state index contributed by atoms with van der Waals surface area (Å²) in [4.78, 5) is 14.2. The molecule has 1 aliphatic rings. The molecule has 6 nitrogen and oxygen atoms in total. The van der Waals surface area contributed by atoms with E-state index in [0.29, 0.717) is 31.9 Å². The highest BCUT2D eigenvalue weighted by Crippen LogP contribution is 2.18. The normalized spacial score (nSPS) is 20.9. The van der Waals surface area contributed by atoms with Gasteiger partial charge in [-0.3, -0.25) is 4.79 Å². The van der Waals surface area contributed by atoms with E-state index in [2.05, 4.69) is 0 Å². The van der Waals surface area contributed by atoms with Crippen LogP contribution >= 0.6 is 0 Å². The number of nitrogens with two attached hydrogens (primary N) is 1. The van der Waals surface area contributed by atoms with Gasteiger partial charge in [0.1, 0.15) is 5.75 Å². The van der Waals surface area contributed by atoms with Crippen molar-refractivity contribution in [3.05, 3.63) is 29.8 Å². The second-order valence-corrected chi connectivity index (χ2v) is 5.28. The average Bonchev–Trinajstić information content (AvgIpc) is 2.95. The maximum absolute atomic E-state index is 12.6. The summed E-state index contributed by atoms with van der Waals surface area (Å²) in [5.41, 5.74) is 5.99. The van der Waals surface area contributed by atoms with Gasteiger partial charge < -0.3 is 25.2 Å². The van der Waals surface area contributed by atoms with E-state index < -0.39 is 6.10 Å². The van der Waals surface area contributed by atoms with Gasteiger partial charge in [-0.25, -0.2) is 0 Å². The third-order valence-electron chi connectivity index (χ3n) is 3.74. The average molecular weight is 308 g/mol. The summed E-state index contributed by atoms with van der Waals surface area (Å²) in [7, 11) is 0. The van der Waals surface area contributed by atoms with Gasteiger partial charge in [-0.15, -0.1) is 0 Å². The van der Waals surface area contributed by atoms with Gasteiger partial charge in [0, 0.05) is 12.1 Å². The molecule has 1 aromatic carbocycles. The Hall–Kier alpha value is -1.63. The number of aliphatic hydroxyl groups is 1. The zero-order chi connectivity index (χ0) is 15.9. The van der Waals surface area contributed by atoms with Crippen LogP contribution in [0, 0.1) is 0 Å². The van der Waals surface area contributed by atoms with Crippen molar-refractivity contribution < 1.29 is 19.4 Å². The van der Waals surface area contributed by atoms with E-state index in [4.69, 9.17) is 15.2 Å². The number of carbonyl (C=O) groups is 1. The number of likely N-dealkylation sites (N-methyl/N-ethyl adjacent to an activating group) is 1. The molecule has 0 unspecified atom stereocenters. The molecule has 3 N–H and O–H groups in total. The summed E-state index contributed by atoms with van der Waals surface area (Å²) in [5.74, 6) is 0.614. The Morgan fingerprint density at radius 2 is 2.14 bits per heavy atom. The molecule has 122 valence electrons. The SMILES string of the molecule is CCN(C(=O)c1ccc(OCCCN)cc1)[C@@H]1COC[C@H]1O. The quantitative estimate of drug-likeness (QED) is 0.722. The molecule has 1 aromatic rings. The summed E-state index contributed by atoms with van der Waals surface area (Å²) >= 11 is 0.